The van der Waals surface area contributed by atoms with E-state index < -0.39 is 29.7 Å². The molecule has 1 unspecified atom stereocenters. The van der Waals surface area contributed by atoms with Gasteiger partial charge in [-0.25, -0.2) is 9.59 Å². The molecule has 0 aromatic rings. The van der Waals surface area contributed by atoms with E-state index in [-0.39, 0.29) is 6.54 Å². The van der Waals surface area contributed by atoms with Crippen molar-refractivity contribution in [3.8, 4) is 0 Å². The van der Waals surface area contributed by atoms with Crippen LogP contribution in [0.4, 0.5) is 4.79 Å². The lowest BCUT2D eigenvalue weighted by Crippen LogP contribution is -2.41. The van der Waals surface area contributed by atoms with Crippen LogP contribution in [0.5, 0.6) is 0 Å². The molecule has 0 fully saturated rings. The van der Waals surface area contributed by atoms with E-state index in [1.54, 1.807) is 20.8 Å². The van der Waals surface area contributed by atoms with Crippen LogP contribution in [0.25, 0.3) is 0 Å². The molecule has 98 valence electrons. The first-order valence-electron chi connectivity index (χ1n) is 4.98. The average Bonchev–Trinajstić information content (AvgIpc) is 2.08. The van der Waals surface area contributed by atoms with Crippen molar-refractivity contribution in [1.82, 2.24) is 5.32 Å². The van der Waals surface area contributed by atoms with Crippen molar-refractivity contribution in [2.75, 3.05) is 6.54 Å². The Kier molecular flexibility index (Phi) is 5.43. The highest BCUT2D eigenvalue weighted by Gasteiger charge is 2.23. The molecule has 17 heavy (non-hydrogen) atoms. The van der Waals surface area contributed by atoms with Crippen LogP contribution in [0, 0.1) is 0 Å². The van der Waals surface area contributed by atoms with E-state index in [4.69, 9.17) is 9.84 Å². The molecular weight excluding hydrogens is 230 g/mol. The van der Waals surface area contributed by atoms with Gasteiger partial charge in [0, 0.05) is 6.92 Å². The molecule has 7 nitrogen and oxygen atoms in total. The zero-order valence-corrected chi connectivity index (χ0v) is 10.3. The molecule has 0 aromatic heterocycles. The van der Waals surface area contributed by atoms with Crippen LogP contribution in [0.3, 0.4) is 0 Å². The van der Waals surface area contributed by atoms with Gasteiger partial charge in [0.1, 0.15) is 5.60 Å². The van der Waals surface area contributed by atoms with E-state index in [9.17, 15) is 14.4 Å². The smallest absolute Gasteiger partial charge is 0.407 e. The number of rotatable bonds is 4. The quantitative estimate of drug-likeness (QED) is 0.702. The van der Waals surface area contributed by atoms with E-state index in [1.807, 2.05) is 0 Å². The van der Waals surface area contributed by atoms with E-state index in [0.717, 1.165) is 6.92 Å². The molecule has 7 heteroatoms. The van der Waals surface area contributed by atoms with Gasteiger partial charge in [-0.3, -0.25) is 4.79 Å². The SMILES string of the molecule is CC(=O)OC(CNC(=O)OC(C)(C)C)C(=O)O. The number of hydrogen-bond acceptors (Lipinski definition) is 5. The second kappa shape index (κ2) is 6.07. The number of hydrogen-bond donors (Lipinski definition) is 2. The van der Waals surface area contributed by atoms with Gasteiger partial charge in [-0.15, -0.1) is 0 Å². The van der Waals surface area contributed by atoms with Gasteiger partial charge in [0.15, 0.2) is 0 Å². The lowest BCUT2D eigenvalue weighted by atomic mass is 10.2. The second-order valence-corrected chi connectivity index (χ2v) is 4.32. The molecule has 0 aliphatic rings. The number of carboxylic acids is 1. The zero-order chi connectivity index (χ0) is 13.6. The third-order valence-corrected chi connectivity index (χ3v) is 1.41. The third kappa shape index (κ3) is 8.06. The highest BCUT2D eigenvalue weighted by atomic mass is 16.6. The first-order chi connectivity index (χ1) is 7.61. The van der Waals surface area contributed by atoms with Crippen molar-refractivity contribution >= 4 is 18.0 Å². The molecule has 0 radical (unpaired) electrons. The predicted molar refractivity (Wildman–Crippen MR) is 57.4 cm³/mol. The minimum Gasteiger partial charge on any atom is -0.478 e. The fourth-order valence-electron chi connectivity index (χ4n) is 0.870. The number of ether oxygens (including phenoxy) is 2. The molecule has 2 N–H and O–H groups in total. The molecule has 0 rings (SSSR count). The Bertz CT molecular complexity index is 306. The van der Waals surface area contributed by atoms with E-state index in [2.05, 4.69) is 10.1 Å². The summed E-state index contributed by atoms with van der Waals surface area (Å²) in [6.07, 6.45) is -2.18. The lowest BCUT2D eigenvalue weighted by molar-refractivity contribution is -0.162. The number of esters is 1. The summed E-state index contributed by atoms with van der Waals surface area (Å²) >= 11 is 0. The maximum Gasteiger partial charge on any atom is 0.407 e. The Labute approximate surface area is 99.1 Å². The topological polar surface area (TPSA) is 102 Å². The van der Waals surface area contributed by atoms with E-state index in [0.29, 0.717) is 0 Å². The Morgan fingerprint density at radius 3 is 2.18 bits per heavy atom. The van der Waals surface area contributed by atoms with Crippen LogP contribution < -0.4 is 5.32 Å². The van der Waals surface area contributed by atoms with Crippen molar-refractivity contribution in [3.05, 3.63) is 0 Å². The summed E-state index contributed by atoms with van der Waals surface area (Å²) in [5, 5.41) is 10.9. The maximum absolute atomic E-state index is 11.2. The van der Waals surface area contributed by atoms with Crippen molar-refractivity contribution in [2.24, 2.45) is 0 Å². The average molecular weight is 247 g/mol. The summed E-state index contributed by atoms with van der Waals surface area (Å²) < 4.78 is 9.37. The van der Waals surface area contributed by atoms with Gasteiger partial charge in [-0.1, -0.05) is 0 Å². The van der Waals surface area contributed by atoms with Gasteiger partial charge >= 0.3 is 18.0 Å². The Balaban J connectivity index is 4.18. The molecule has 1 amide bonds. The molecule has 0 saturated carbocycles. The first-order valence-corrected chi connectivity index (χ1v) is 4.98. The van der Waals surface area contributed by atoms with Crippen molar-refractivity contribution in [1.29, 1.82) is 0 Å². The van der Waals surface area contributed by atoms with Crippen LogP contribution in [0.1, 0.15) is 27.7 Å². The number of nitrogens with one attached hydrogen (secondary N) is 1. The van der Waals surface area contributed by atoms with Crippen molar-refractivity contribution in [2.45, 2.75) is 39.4 Å². The van der Waals surface area contributed by atoms with E-state index in [1.165, 1.54) is 0 Å². The van der Waals surface area contributed by atoms with Crippen molar-refractivity contribution in [3.63, 3.8) is 0 Å². The van der Waals surface area contributed by atoms with Gasteiger partial charge in [-0.2, -0.15) is 0 Å². The number of carbonyl (C=O) groups excluding carboxylic acids is 2. The van der Waals surface area contributed by atoms with Gasteiger partial charge in [-0.05, 0) is 20.8 Å². The summed E-state index contributed by atoms with van der Waals surface area (Å²) in [5.74, 6) is -2.07. The third-order valence-electron chi connectivity index (χ3n) is 1.41. The Morgan fingerprint density at radius 2 is 1.82 bits per heavy atom. The molecule has 0 spiro atoms. The maximum atomic E-state index is 11.2. The van der Waals surface area contributed by atoms with Gasteiger partial charge in [0.25, 0.3) is 0 Å². The van der Waals surface area contributed by atoms with Crippen LogP contribution in [-0.4, -0.2) is 41.4 Å². The molecule has 0 bridgehead atoms. The van der Waals surface area contributed by atoms with Crippen LogP contribution >= 0.6 is 0 Å². The fourth-order valence-corrected chi connectivity index (χ4v) is 0.870. The predicted octanol–water partition coefficient (Wildman–Crippen LogP) is 0.527. The Morgan fingerprint density at radius 1 is 1.29 bits per heavy atom. The van der Waals surface area contributed by atoms with Crippen LogP contribution in [0.15, 0.2) is 0 Å². The molecule has 1 atom stereocenters. The molecule has 0 aliphatic carbocycles. The number of aliphatic carboxylic acids is 1. The van der Waals surface area contributed by atoms with E-state index >= 15 is 0 Å². The summed E-state index contributed by atoms with van der Waals surface area (Å²) in [5.41, 5.74) is -0.676. The number of carbonyl (C=O) groups is 3. The van der Waals surface area contributed by atoms with Gasteiger partial charge < -0.3 is 19.9 Å². The molecular formula is C10H17NO6. The zero-order valence-electron chi connectivity index (χ0n) is 10.3. The number of carboxylic acid groups (broad SMARTS) is 1. The summed E-state index contributed by atoms with van der Waals surface area (Å²) in [6, 6.07) is 0. The Hall–Kier alpha value is -1.79. The highest BCUT2D eigenvalue weighted by molar-refractivity contribution is 5.78. The summed E-state index contributed by atoms with van der Waals surface area (Å²) in [6.45, 7) is 5.77. The second-order valence-electron chi connectivity index (χ2n) is 4.32. The van der Waals surface area contributed by atoms with Crippen molar-refractivity contribution < 1.29 is 29.0 Å². The summed E-state index contributed by atoms with van der Waals surface area (Å²) in [4.78, 5) is 32.5. The number of alkyl carbamates (subject to hydrolysis) is 1. The monoisotopic (exact) mass is 247 g/mol. The summed E-state index contributed by atoms with van der Waals surface area (Å²) in [7, 11) is 0. The normalized spacial score (nSPS) is 12.5. The molecule has 0 heterocycles. The molecule has 0 saturated heterocycles. The van der Waals surface area contributed by atoms with Crippen LogP contribution in [0.2, 0.25) is 0 Å². The largest absolute Gasteiger partial charge is 0.478 e. The van der Waals surface area contributed by atoms with Gasteiger partial charge in [0.2, 0.25) is 6.10 Å². The van der Waals surface area contributed by atoms with Crippen LogP contribution in [-0.2, 0) is 19.1 Å². The molecule has 0 aromatic carbocycles. The highest BCUT2D eigenvalue weighted by Crippen LogP contribution is 2.06. The molecule has 0 aliphatic heterocycles. The minimum atomic E-state index is -1.42. The first kappa shape index (κ1) is 15.2. The minimum absolute atomic E-state index is 0.343. The number of amides is 1. The standard InChI is InChI=1S/C10H17NO6/c1-6(12)16-7(8(13)14)5-11-9(15)17-10(2,3)4/h7H,5H2,1-4H3,(H,11,15)(H,13,14). The lowest BCUT2D eigenvalue weighted by Gasteiger charge is -2.20. The fraction of sp³-hybridized carbons (Fsp3) is 0.700. The van der Waals surface area contributed by atoms with Gasteiger partial charge in [0.05, 0.1) is 6.54 Å².